The van der Waals surface area contributed by atoms with Gasteiger partial charge in [-0.15, -0.1) is 0 Å². The minimum absolute atomic E-state index is 0.0248. The number of unbranched alkanes of at least 4 members (excludes halogenated alkanes) is 13. The molecule has 54 heavy (non-hydrogen) atoms. The summed E-state index contributed by atoms with van der Waals surface area (Å²) in [4.78, 5) is 36.6. The van der Waals surface area contributed by atoms with Gasteiger partial charge in [0.25, 0.3) is 0 Å². The first-order chi connectivity index (χ1) is 26.1. The average molecular weight is 758 g/mol. The van der Waals surface area contributed by atoms with E-state index >= 15 is 0 Å². The standard InChI is InChI=1S/C46H79NO7/c1-6-8-10-12-14-16-17-18-19-20-21-22-23-24-25-26-27-28-29-31-33-35-37-45(49)54-42(40-52-39-38-43(46(50)51)47(3,4)5)41-53-44(48)36-34-32-30-15-13-11-9-7-2/h8,10,14,16,18-19,21-22,30,32,42-43H,6-7,9,11-13,15,17,20,23-29,31,33-41H2,1-5H3/b10-8+,16-14+,19-18+,22-21+,32-30+. The zero-order chi connectivity index (χ0) is 40.0. The Morgan fingerprint density at radius 3 is 1.63 bits per heavy atom. The van der Waals surface area contributed by atoms with Crippen LogP contribution in [0.5, 0.6) is 0 Å². The van der Waals surface area contributed by atoms with Crippen molar-refractivity contribution in [3.63, 3.8) is 0 Å². The third kappa shape index (κ3) is 34.8. The molecule has 0 saturated heterocycles. The highest BCUT2D eigenvalue weighted by molar-refractivity contribution is 5.70. The summed E-state index contributed by atoms with van der Waals surface area (Å²) in [6.07, 6.45) is 44.1. The Kier molecular flexibility index (Phi) is 34.9. The van der Waals surface area contributed by atoms with E-state index in [-0.39, 0.29) is 49.1 Å². The smallest absolute Gasteiger partial charge is 0.306 e. The summed E-state index contributed by atoms with van der Waals surface area (Å²) in [6.45, 7) is 4.44. The van der Waals surface area contributed by atoms with E-state index < -0.39 is 18.1 Å². The Labute approximate surface area is 330 Å². The number of ether oxygens (including phenoxy) is 3. The summed E-state index contributed by atoms with van der Waals surface area (Å²) in [6, 6.07) is -0.731. The molecular formula is C46H79NO7. The van der Waals surface area contributed by atoms with Crippen LogP contribution in [0.25, 0.3) is 0 Å². The number of likely N-dealkylation sites (N-methyl/N-ethyl adjacent to an activating group) is 1. The van der Waals surface area contributed by atoms with Gasteiger partial charge in [0.15, 0.2) is 6.10 Å². The van der Waals surface area contributed by atoms with Gasteiger partial charge < -0.3 is 28.6 Å². The van der Waals surface area contributed by atoms with Crippen LogP contribution in [0, 0.1) is 0 Å². The zero-order valence-corrected chi connectivity index (χ0v) is 35.1. The zero-order valence-electron chi connectivity index (χ0n) is 35.1. The van der Waals surface area contributed by atoms with Crippen LogP contribution in [0.2, 0.25) is 0 Å². The van der Waals surface area contributed by atoms with Gasteiger partial charge in [-0.05, 0) is 64.2 Å². The predicted octanol–water partition coefficient (Wildman–Crippen LogP) is 10.1. The fourth-order valence-electron chi connectivity index (χ4n) is 5.84. The molecule has 0 aromatic carbocycles. The lowest BCUT2D eigenvalue weighted by Gasteiger charge is -2.34. The van der Waals surface area contributed by atoms with Gasteiger partial charge in [0.05, 0.1) is 40.3 Å². The number of carboxylic acid groups (broad SMARTS) is 1. The van der Waals surface area contributed by atoms with E-state index in [9.17, 15) is 19.5 Å². The molecule has 2 unspecified atom stereocenters. The van der Waals surface area contributed by atoms with Crippen LogP contribution in [0.15, 0.2) is 60.8 Å². The van der Waals surface area contributed by atoms with E-state index in [4.69, 9.17) is 14.2 Å². The van der Waals surface area contributed by atoms with Gasteiger partial charge in [0.2, 0.25) is 0 Å². The van der Waals surface area contributed by atoms with Crippen molar-refractivity contribution < 1.29 is 38.2 Å². The van der Waals surface area contributed by atoms with E-state index in [1.165, 1.54) is 57.8 Å². The SMILES string of the molecule is CC/C=C/C/C=C/C/C=C/C/C=C/CCCCCCCCCCCC(=O)OC(COCCC(C(=O)[O-])[N+](C)(C)C)COC(=O)CC/C=C/CCCCCC. The quantitative estimate of drug-likeness (QED) is 0.0269. The fourth-order valence-corrected chi connectivity index (χ4v) is 5.84. The molecule has 0 N–H and O–H groups in total. The molecule has 0 rings (SSSR count). The first-order valence-electron chi connectivity index (χ1n) is 21.3. The monoisotopic (exact) mass is 758 g/mol. The van der Waals surface area contributed by atoms with Gasteiger partial charge >= 0.3 is 11.9 Å². The molecule has 0 saturated carbocycles. The lowest BCUT2D eigenvalue weighted by atomic mass is 10.1. The highest BCUT2D eigenvalue weighted by Crippen LogP contribution is 2.13. The Bertz CT molecular complexity index is 1070. The molecule has 0 spiro atoms. The molecule has 0 aromatic rings. The summed E-state index contributed by atoms with van der Waals surface area (Å²) in [5.74, 6) is -1.82. The van der Waals surface area contributed by atoms with Crippen LogP contribution >= 0.6 is 0 Å². The summed E-state index contributed by atoms with van der Waals surface area (Å²) >= 11 is 0. The molecule has 0 aliphatic rings. The van der Waals surface area contributed by atoms with Crippen molar-refractivity contribution in [2.75, 3.05) is 41.0 Å². The first-order valence-corrected chi connectivity index (χ1v) is 21.3. The van der Waals surface area contributed by atoms with Gasteiger partial charge in [0, 0.05) is 19.3 Å². The normalized spacial score (nSPS) is 13.6. The van der Waals surface area contributed by atoms with E-state index in [1.807, 2.05) is 6.08 Å². The molecule has 0 aliphatic carbocycles. The number of aliphatic carboxylic acids is 1. The summed E-state index contributed by atoms with van der Waals surface area (Å²) in [5.41, 5.74) is 0. The number of carbonyl (C=O) groups is 3. The maximum Gasteiger partial charge on any atom is 0.306 e. The van der Waals surface area contributed by atoms with Gasteiger partial charge in [-0.25, -0.2) is 0 Å². The van der Waals surface area contributed by atoms with Gasteiger partial charge in [-0.1, -0.05) is 139 Å². The molecule has 8 nitrogen and oxygen atoms in total. The molecule has 0 radical (unpaired) electrons. The van der Waals surface area contributed by atoms with Crippen molar-refractivity contribution in [2.45, 2.75) is 174 Å². The molecule has 2 atom stereocenters. The van der Waals surface area contributed by atoms with Gasteiger partial charge in [-0.3, -0.25) is 9.59 Å². The second kappa shape index (κ2) is 37.0. The van der Waals surface area contributed by atoms with E-state index in [0.717, 1.165) is 64.2 Å². The highest BCUT2D eigenvalue weighted by atomic mass is 16.6. The van der Waals surface area contributed by atoms with E-state index in [2.05, 4.69) is 68.5 Å². The second-order valence-corrected chi connectivity index (χ2v) is 15.2. The summed E-state index contributed by atoms with van der Waals surface area (Å²) in [5, 5.41) is 11.6. The van der Waals surface area contributed by atoms with Crippen molar-refractivity contribution in [1.29, 1.82) is 0 Å². The second-order valence-electron chi connectivity index (χ2n) is 15.2. The lowest BCUT2D eigenvalue weighted by molar-refractivity contribution is -0.889. The maximum absolute atomic E-state index is 12.7. The van der Waals surface area contributed by atoms with E-state index in [0.29, 0.717) is 12.8 Å². The van der Waals surface area contributed by atoms with Crippen molar-refractivity contribution in [3.05, 3.63) is 60.8 Å². The molecule has 0 aromatic heterocycles. The third-order valence-corrected chi connectivity index (χ3v) is 9.15. The highest BCUT2D eigenvalue weighted by Gasteiger charge is 2.25. The molecule has 310 valence electrons. The predicted molar refractivity (Wildman–Crippen MR) is 222 cm³/mol. The number of quaternary nitrogens is 1. The lowest BCUT2D eigenvalue weighted by Crippen LogP contribution is -2.55. The molecule has 8 heteroatoms. The van der Waals surface area contributed by atoms with Crippen molar-refractivity contribution in [1.82, 2.24) is 0 Å². The Balaban J connectivity index is 4.27. The minimum Gasteiger partial charge on any atom is -0.544 e. The molecule has 0 amide bonds. The molecule has 0 fully saturated rings. The van der Waals surface area contributed by atoms with Crippen LogP contribution in [0.3, 0.4) is 0 Å². The Hall–Kier alpha value is -2.97. The van der Waals surface area contributed by atoms with E-state index in [1.54, 1.807) is 21.1 Å². The van der Waals surface area contributed by atoms with Crippen LogP contribution in [-0.4, -0.2) is 75.5 Å². The Morgan fingerprint density at radius 1 is 0.574 bits per heavy atom. The van der Waals surface area contributed by atoms with Gasteiger partial charge in [-0.2, -0.15) is 0 Å². The number of nitrogens with zero attached hydrogens (tertiary/aromatic N) is 1. The van der Waals surface area contributed by atoms with Crippen molar-refractivity contribution in [3.8, 4) is 0 Å². The number of carboxylic acids is 1. The molecule has 0 bridgehead atoms. The maximum atomic E-state index is 12.7. The molecular weight excluding hydrogens is 679 g/mol. The van der Waals surface area contributed by atoms with Crippen LogP contribution < -0.4 is 5.11 Å². The molecule has 0 heterocycles. The van der Waals surface area contributed by atoms with Crippen LogP contribution in [0.1, 0.15) is 162 Å². The summed E-state index contributed by atoms with van der Waals surface area (Å²) < 4.78 is 17.0. The number of allylic oxidation sites excluding steroid dienone is 10. The Morgan fingerprint density at radius 2 is 1.07 bits per heavy atom. The number of carbonyl (C=O) groups excluding carboxylic acids is 3. The fraction of sp³-hybridized carbons (Fsp3) is 0.717. The topological polar surface area (TPSA) is 102 Å². The van der Waals surface area contributed by atoms with Crippen molar-refractivity contribution in [2.24, 2.45) is 0 Å². The largest absolute Gasteiger partial charge is 0.544 e. The number of hydrogen-bond donors (Lipinski definition) is 0. The van der Waals surface area contributed by atoms with Crippen LogP contribution in [-0.2, 0) is 28.6 Å². The van der Waals surface area contributed by atoms with Crippen LogP contribution in [0.4, 0.5) is 0 Å². The first kappa shape index (κ1) is 51.0. The van der Waals surface area contributed by atoms with Crippen molar-refractivity contribution >= 4 is 17.9 Å². The minimum atomic E-state index is -1.13. The molecule has 0 aliphatic heterocycles. The number of rotatable bonds is 37. The number of hydrogen-bond acceptors (Lipinski definition) is 7. The van der Waals surface area contributed by atoms with Gasteiger partial charge in [0.1, 0.15) is 12.6 Å². The average Bonchev–Trinajstić information content (AvgIpc) is 3.12. The summed E-state index contributed by atoms with van der Waals surface area (Å²) in [7, 11) is 5.38. The number of esters is 2. The third-order valence-electron chi connectivity index (χ3n) is 9.15.